The highest BCUT2D eigenvalue weighted by atomic mass is 32.2. The first-order chi connectivity index (χ1) is 21.8. The number of aromatic nitrogens is 4. The molecule has 0 unspecified atom stereocenters. The standard InChI is InChI=1S/C38H25N5S/c1-3-13-31-28(11-1)29-12-2-4-14-32(29)43(31)34-16-6-5-15-33(34)41-25-30(39-40-41)26-21-23-27(24-22-26)42-35-17-7-9-19-37(35)44-38-20-10-8-18-36(38)42/h1-25H. The Morgan fingerprint density at radius 3 is 1.64 bits per heavy atom. The summed E-state index contributed by atoms with van der Waals surface area (Å²) in [6, 6.07) is 51.3. The molecule has 0 atom stereocenters. The van der Waals surface area contributed by atoms with Crippen LogP contribution < -0.4 is 4.90 Å². The van der Waals surface area contributed by atoms with E-state index in [4.69, 9.17) is 0 Å². The number of benzene rings is 6. The maximum atomic E-state index is 4.61. The molecule has 0 aliphatic carbocycles. The Morgan fingerprint density at radius 1 is 0.477 bits per heavy atom. The second kappa shape index (κ2) is 10.0. The molecule has 44 heavy (non-hydrogen) atoms. The van der Waals surface area contributed by atoms with E-state index < -0.39 is 0 Å². The van der Waals surface area contributed by atoms with Crippen LogP contribution in [0.5, 0.6) is 0 Å². The van der Waals surface area contributed by atoms with E-state index >= 15 is 0 Å². The minimum Gasteiger partial charge on any atom is -0.308 e. The molecule has 9 rings (SSSR count). The Labute approximate surface area is 258 Å². The van der Waals surface area contributed by atoms with Gasteiger partial charge in [-0.2, -0.15) is 0 Å². The normalized spacial score (nSPS) is 12.4. The highest BCUT2D eigenvalue weighted by molar-refractivity contribution is 7.99. The molecule has 208 valence electrons. The molecule has 0 spiro atoms. The van der Waals surface area contributed by atoms with Gasteiger partial charge in [-0.1, -0.05) is 102 Å². The molecule has 5 nitrogen and oxygen atoms in total. The predicted molar refractivity (Wildman–Crippen MR) is 180 cm³/mol. The van der Waals surface area contributed by atoms with Crippen LogP contribution in [0, 0.1) is 0 Å². The smallest absolute Gasteiger partial charge is 0.113 e. The molecular formula is C38H25N5S. The summed E-state index contributed by atoms with van der Waals surface area (Å²) in [6.45, 7) is 0. The fourth-order valence-corrected chi connectivity index (χ4v) is 7.36. The first-order valence-corrected chi connectivity index (χ1v) is 15.4. The van der Waals surface area contributed by atoms with Crippen LogP contribution in [0.4, 0.5) is 17.1 Å². The van der Waals surface area contributed by atoms with Crippen LogP contribution in [0.3, 0.4) is 0 Å². The topological polar surface area (TPSA) is 38.9 Å². The molecule has 8 aromatic rings. The van der Waals surface area contributed by atoms with Crippen molar-refractivity contribution in [2.45, 2.75) is 9.79 Å². The van der Waals surface area contributed by atoms with Crippen molar-refractivity contribution in [3.8, 4) is 22.6 Å². The highest BCUT2D eigenvalue weighted by Gasteiger charge is 2.24. The molecule has 6 heteroatoms. The van der Waals surface area contributed by atoms with Crippen LogP contribution in [0.2, 0.25) is 0 Å². The zero-order valence-corrected chi connectivity index (χ0v) is 24.4. The molecule has 3 heterocycles. The van der Waals surface area contributed by atoms with Crippen LogP contribution in [0.15, 0.2) is 162 Å². The number of para-hydroxylation sites is 6. The third-order valence-corrected chi connectivity index (χ3v) is 9.43. The van der Waals surface area contributed by atoms with Crippen molar-refractivity contribution in [2.24, 2.45) is 0 Å². The fourth-order valence-electron chi connectivity index (χ4n) is 6.31. The van der Waals surface area contributed by atoms with Crippen molar-refractivity contribution in [1.29, 1.82) is 0 Å². The number of hydrogen-bond acceptors (Lipinski definition) is 4. The van der Waals surface area contributed by atoms with Gasteiger partial charge in [0.1, 0.15) is 5.69 Å². The van der Waals surface area contributed by atoms with Gasteiger partial charge < -0.3 is 9.47 Å². The van der Waals surface area contributed by atoms with Gasteiger partial charge in [-0.3, -0.25) is 0 Å². The Bertz CT molecular complexity index is 2230. The lowest BCUT2D eigenvalue weighted by molar-refractivity contribution is 0.798. The lowest BCUT2D eigenvalue weighted by Crippen LogP contribution is -2.14. The Balaban J connectivity index is 1.10. The Morgan fingerprint density at radius 2 is 1.00 bits per heavy atom. The molecule has 1 aliphatic rings. The number of nitrogens with zero attached hydrogens (tertiary/aromatic N) is 5. The van der Waals surface area contributed by atoms with Crippen molar-refractivity contribution in [3.05, 3.63) is 152 Å². The van der Waals surface area contributed by atoms with Crippen LogP contribution in [0.1, 0.15) is 0 Å². The first-order valence-electron chi connectivity index (χ1n) is 14.6. The van der Waals surface area contributed by atoms with E-state index in [0.29, 0.717) is 0 Å². The molecule has 6 aromatic carbocycles. The Hall–Kier alpha value is -5.59. The monoisotopic (exact) mass is 583 g/mol. The van der Waals surface area contributed by atoms with Gasteiger partial charge in [0.25, 0.3) is 0 Å². The number of rotatable bonds is 4. The first kappa shape index (κ1) is 25.0. The van der Waals surface area contributed by atoms with Gasteiger partial charge in [0.05, 0.1) is 40.0 Å². The van der Waals surface area contributed by atoms with Gasteiger partial charge >= 0.3 is 0 Å². The summed E-state index contributed by atoms with van der Waals surface area (Å²) in [6.07, 6.45) is 2.02. The largest absolute Gasteiger partial charge is 0.308 e. The van der Waals surface area contributed by atoms with Gasteiger partial charge in [-0.05, 0) is 60.7 Å². The van der Waals surface area contributed by atoms with Gasteiger partial charge in [-0.15, -0.1) is 5.10 Å². The average molecular weight is 584 g/mol. The van der Waals surface area contributed by atoms with E-state index in [2.05, 4.69) is 165 Å². The van der Waals surface area contributed by atoms with Crippen LogP contribution in [-0.2, 0) is 0 Å². The zero-order valence-electron chi connectivity index (χ0n) is 23.6. The van der Waals surface area contributed by atoms with Gasteiger partial charge in [0.15, 0.2) is 0 Å². The summed E-state index contributed by atoms with van der Waals surface area (Å²) in [4.78, 5) is 4.84. The SMILES string of the molecule is c1ccc2c(c1)Sc1ccccc1N2c1ccc(-c2cn(-c3ccccc3-n3c4ccccc4c4ccccc43)nn2)cc1. The average Bonchev–Trinajstić information content (AvgIpc) is 3.71. The minimum atomic E-state index is 0.823. The number of anilines is 3. The van der Waals surface area contributed by atoms with Crippen molar-refractivity contribution >= 4 is 50.6 Å². The molecular weight excluding hydrogens is 559 g/mol. The second-order valence-electron chi connectivity index (χ2n) is 10.8. The van der Waals surface area contributed by atoms with E-state index in [-0.39, 0.29) is 0 Å². The van der Waals surface area contributed by atoms with E-state index in [1.54, 1.807) is 0 Å². The summed E-state index contributed by atoms with van der Waals surface area (Å²) in [5.74, 6) is 0. The summed E-state index contributed by atoms with van der Waals surface area (Å²) in [7, 11) is 0. The maximum Gasteiger partial charge on any atom is 0.113 e. The summed E-state index contributed by atoms with van der Waals surface area (Å²) < 4.78 is 4.21. The zero-order chi connectivity index (χ0) is 29.0. The van der Waals surface area contributed by atoms with Crippen LogP contribution >= 0.6 is 11.8 Å². The fraction of sp³-hybridized carbons (Fsp3) is 0. The second-order valence-corrected chi connectivity index (χ2v) is 11.9. The molecule has 0 amide bonds. The third kappa shape index (κ3) is 3.88. The third-order valence-electron chi connectivity index (χ3n) is 8.30. The van der Waals surface area contributed by atoms with Crippen molar-refractivity contribution in [2.75, 3.05) is 4.90 Å². The van der Waals surface area contributed by atoms with Crippen molar-refractivity contribution in [1.82, 2.24) is 19.6 Å². The van der Waals surface area contributed by atoms with Crippen molar-refractivity contribution < 1.29 is 0 Å². The Kier molecular flexibility index (Phi) is 5.67. The van der Waals surface area contributed by atoms with Crippen LogP contribution in [-0.4, -0.2) is 19.6 Å². The molecule has 1 aliphatic heterocycles. The number of fused-ring (bicyclic) bond motifs is 5. The lowest BCUT2D eigenvalue weighted by Gasteiger charge is -2.32. The van der Waals surface area contributed by atoms with E-state index in [1.165, 1.54) is 31.9 Å². The van der Waals surface area contributed by atoms with E-state index in [1.807, 2.05) is 22.6 Å². The van der Waals surface area contributed by atoms with Gasteiger partial charge in [0, 0.05) is 31.8 Å². The molecule has 0 saturated carbocycles. The quantitative estimate of drug-likeness (QED) is 0.207. The summed E-state index contributed by atoms with van der Waals surface area (Å²) in [5.41, 5.74) is 9.68. The van der Waals surface area contributed by atoms with Gasteiger partial charge in [-0.25, -0.2) is 4.68 Å². The predicted octanol–water partition coefficient (Wildman–Crippen LogP) is 9.97. The molecule has 2 aromatic heterocycles. The molecule has 0 N–H and O–H groups in total. The number of hydrogen-bond donors (Lipinski definition) is 0. The molecule has 0 fully saturated rings. The maximum absolute atomic E-state index is 4.61. The van der Waals surface area contributed by atoms with Crippen molar-refractivity contribution in [3.63, 3.8) is 0 Å². The minimum absolute atomic E-state index is 0.823. The molecule has 0 saturated heterocycles. The van der Waals surface area contributed by atoms with E-state index in [0.717, 1.165) is 39.4 Å². The van der Waals surface area contributed by atoms with Gasteiger partial charge in [0.2, 0.25) is 0 Å². The lowest BCUT2D eigenvalue weighted by atomic mass is 10.1. The highest BCUT2D eigenvalue weighted by Crippen LogP contribution is 2.51. The summed E-state index contributed by atoms with van der Waals surface area (Å²) in [5, 5.41) is 11.7. The molecule has 0 radical (unpaired) electrons. The summed E-state index contributed by atoms with van der Waals surface area (Å²) >= 11 is 1.82. The van der Waals surface area contributed by atoms with E-state index in [9.17, 15) is 0 Å². The molecule has 0 bridgehead atoms. The van der Waals surface area contributed by atoms with Crippen LogP contribution in [0.25, 0.3) is 44.4 Å².